The molecule has 0 atom stereocenters. The van der Waals surface area contributed by atoms with Gasteiger partial charge in [-0.2, -0.15) is 0 Å². The van der Waals surface area contributed by atoms with E-state index >= 15 is 0 Å². The minimum Gasteiger partial charge on any atom is -0.465 e. The Morgan fingerprint density at radius 3 is 1.80 bits per heavy atom. The standard InChI is InChI=1S/C21H32O4/c1-4-7-15-24-19(22)21(14-6-3,20(23)25-16-8-5-2)17-18-12-10-9-11-13-18/h9-13H,4-8,14-17H2,1-3H3. The number of rotatable bonds is 12. The highest BCUT2D eigenvalue weighted by atomic mass is 16.6. The summed E-state index contributed by atoms with van der Waals surface area (Å²) < 4.78 is 10.9. The summed E-state index contributed by atoms with van der Waals surface area (Å²) in [6.45, 7) is 6.74. The number of hydrogen-bond donors (Lipinski definition) is 0. The second-order valence-corrected chi connectivity index (χ2v) is 6.47. The largest absolute Gasteiger partial charge is 0.465 e. The Morgan fingerprint density at radius 2 is 1.36 bits per heavy atom. The summed E-state index contributed by atoms with van der Waals surface area (Å²) in [6.07, 6.45) is 4.92. The van der Waals surface area contributed by atoms with E-state index in [1.807, 2.05) is 51.1 Å². The summed E-state index contributed by atoms with van der Waals surface area (Å²) in [5.74, 6) is -0.902. The average Bonchev–Trinajstić information content (AvgIpc) is 2.62. The van der Waals surface area contributed by atoms with Gasteiger partial charge in [0, 0.05) is 0 Å². The van der Waals surface area contributed by atoms with Crippen molar-refractivity contribution in [2.24, 2.45) is 5.41 Å². The van der Waals surface area contributed by atoms with Crippen molar-refractivity contribution in [3.8, 4) is 0 Å². The minimum absolute atomic E-state index is 0.317. The molecular formula is C21H32O4. The summed E-state index contributed by atoms with van der Waals surface area (Å²) in [6, 6.07) is 9.62. The molecule has 0 unspecified atom stereocenters. The van der Waals surface area contributed by atoms with Gasteiger partial charge in [0.05, 0.1) is 13.2 Å². The molecule has 0 spiro atoms. The molecule has 0 radical (unpaired) electrons. The molecule has 0 aliphatic rings. The molecule has 140 valence electrons. The molecule has 0 amide bonds. The Bertz CT molecular complexity index is 488. The summed E-state index contributed by atoms with van der Waals surface area (Å²) >= 11 is 0. The monoisotopic (exact) mass is 348 g/mol. The molecule has 0 bridgehead atoms. The molecule has 0 saturated heterocycles. The molecule has 1 rings (SSSR count). The van der Waals surface area contributed by atoms with E-state index in [1.54, 1.807) is 0 Å². The van der Waals surface area contributed by atoms with Crippen LogP contribution in [-0.2, 0) is 25.5 Å². The van der Waals surface area contributed by atoms with Crippen LogP contribution in [0.5, 0.6) is 0 Å². The molecule has 1 aromatic carbocycles. The third kappa shape index (κ3) is 6.52. The number of carbonyl (C=O) groups excluding carboxylic acids is 2. The fraction of sp³-hybridized carbons (Fsp3) is 0.619. The highest BCUT2D eigenvalue weighted by molar-refractivity contribution is 6.00. The second-order valence-electron chi connectivity index (χ2n) is 6.47. The Morgan fingerprint density at radius 1 is 0.840 bits per heavy atom. The first kappa shape index (κ1) is 21.2. The first-order valence-corrected chi connectivity index (χ1v) is 9.49. The lowest BCUT2D eigenvalue weighted by atomic mass is 9.77. The molecule has 4 heteroatoms. The van der Waals surface area contributed by atoms with E-state index in [4.69, 9.17) is 9.47 Å². The SMILES string of the molecule is CCCCOC(=O)C(CCC)(Cc1ccccc1)C(=O)OCCCC. The first-order valence-electron chi connectivity index (χ1n) is 9.49. The summed E-state index contributed by atoms with van der Waals surface area (Å²) in [5, 5.41) is 0. The number of benzene rings is 1. The van der Waals surface area contributed by atoms with Crippen LogP contribution in [0.1, 0.15) is 64.9 Å². The second kappa shape index (κ2) is 11.7. The van der Waals surface area contributed by atoms with Crippen molar-refractivity contribution >= 4 is 11.9 Å². The summed E-state index contributed by atoms with van der Waals surface area (Å²) in [7, 11) is 0. The van der Waals surface area contributed by atoms with Gasteiger partial charge in [-0.3, -0.25) is 9.59 Å². The zero-order chi connectivity index (χ0) is 18.5. The van der Waals surface area contributed by atoms with E-state index in [0.717, 1.165) is 31.2 Å². The summed E-state index contributed by atoms with van der Waals surface area (Å²) in [4.78, 5) is 25.8. The maximum Gasteiger partial charge on any atom is 0.323 e. The van der Waals surface area contributed by atoms with Gasteiger partial charge < -0.3 is 9.47 Å². The molecule has 0 aliphatic carbocycles. The Labute approximate surface area is 151 Å². The molecule has 4 nitrogen and oxygen atoms in total. The molecule has 0 fully saturated rings. The van der Waals surface area contributed by atoms with Crippen LogP contribution in [-0.4, -0.2) is 25.2 Å². The Kier molecular flexibility index (Phi) is 9.90. The van der Waals surface area contributed by atoms with Gasteiger partial charge in [-0.25, -0.2) is 0 Å². The van der Waals surface area contributed by atoms with Crippen LogP contribution in [0, 0.1) is 5.41 Å². The predicted molar refractivity (Wildman–Crippen MR) is 99.2 cm³/mol. The third-order valence-corrected chi connectivity index (χ3v) is 4.27. The third-order valence-electron chi connectivity index (χ3n) is 4.27. The number of ether oxygens (including phenoxy) is 2. The van der Waals surface area contributed by atoms with Crippen LogP contribution in [0.4, 0.5) is 0 Å². The van der Waals surface area contributed by atoms with Crippen molar-refractivity contribution in [1.29, 1.82) is 0 Å². The van der Waals surface area contributed by atoms with Crippen LogP contribution in [0.15, 0.2) is 30.3 Å². The van der Waals surface area contributed by atoms with Gasteiger partial charge in [-0.1, -0.05) is 70.4 Å². The zero-order valence-electron chi connectivity index (χ0n) is 15.9. The van der Waals surface area contributed by atoms with Gasteiger partial charge in [0.15, 0.2) is 5.41 Å². The lowest BCUT2D eigenvalue weighted by molar-refractivity contribution is -0.173. The van der Waals surface area contributed by atoms with Crippen LogP contribution >= 0.6 is 0 Å². The summed E-state index contributed by atoms with van der Waals surface area (Å²) in [5.41, 5.74) is -0.312. The Hall–Kier alpha value is -1.84. The van der Waals surface area contributed by atoms with Crippen molar-refractivity contribution in [3.05, 3.63) is 35.9 Å². The van der Waals surface area contributed by atoms with E-state index in [9.17, 15) is 9.59 Å². The van der Waals surface area contributed by atoms with Crippen LogP contribution in [0.2, 0.25) is 0 Å². The lowest BCUT2D eigenvalue weighted by Crippen LogP contribution is -2.44. The predicted octanol–water partition coefficient (Wildman–Crippen LogP) is 4.70. The first-order chi connectivity index (χ1) is 12.1. The van der Waals surface area contributed by atoms with E-state index < -0.39 is 17.4 Å². The maximum atomic E-state index is 12.9. The van der Waals surface area contributed by atoms with Gasteiger partial charge in [0.1, 0.15) is 0 Å². The van der Waals surface area contributed by atoms with E-state index in [2.05, 4.69) is 0 Å². The van der Waals surface area contributed by atoms with Crippen molar-refractivity contribution < 1.29 is 19.1 Å². The van der Waals surface area contributed by atoms with Crippen molar-refractivity contribution in [2.75, 3.05) is 13.2 Å². The average molecular weight is 348 g/mol. The molecule has 25 heavy (non-hydrogen) atoms. The maximum absolute atomic E-state index is 12.9. The van der Waals surface area contributed by atoms with E-state index in [1.165, 1.54) is 0 Å². The number of esters is 2. The molecule has 0 N–H and O–H groups in total. The lowest BCUT2D eigenvalue weighted by Gasteiger charge is -2.29. The molecule has 0 aliphatic heterocycles. The normalized spacial score (nSPS) is 11.2. The van der Waals surface area contributed by atoms with Gasteiger partial charge in [0.25, 0.3) is 0 Å². The molecule has 0 aromatic heterocycles. The van der Waals surface area contributed by atoms with Gasteiger partial charge in [-0.05, 0) is 31.2 Å². The van der Waals surface area contributed by atoms with E-state index in [0.29, 0.717) is 32.5 Å². The minimum atomic E-state index is -1.25. The molecule has 0 heterocycles. The van der Waals surface area contributed by atoms with Crippen LogP contribution in [0.3, 0.4) is 0 Å². The smallest absolute Gasteiger partial charge is 0.323 e. The van der Waals surface area contributed by atoms with Gasteiger partial charge in [0.2, 0.25) is 0 Å². The van der Waals surface area contributed by atoms with Crippen molar-refractivity contribution in [2.45, 2.75) is 65.7 Å². The molecule has 0 saturated carbocycles. The fourth-order valence-electron chi connectivity index (χ4n) is 2.79. The Balaban J connectivity index is 3.05. The van der Waals surface area contributed by atoms with Crippen molar-refractivity contribution in [3.63, 3.8) is 0 Å². The highest BCUT2D eigenvalue weighted by Gasteiger charge is 2.48. The number of carbonyl (C=O) groups is 2. The topological polar surface area (TPSA) is 52.6 Å². The molecular weight excluding hydrogens is 316 g/mol. The highest BCUT2D eigenvalue weighted by Crippen LogP contribution is 2.33. The van der Waals surface area contributed by atoms with Crippen LogP contribution < -0.4 is 0 Å². The fourth-order valence-corrected chi connectivity index (χ4v) is 2.79. The quantitative estimate of drug-likeness (QED) is 0.312. The number of unbranched alkanes of at least 4 members (excludes halogenated alkanes) is 2. The number of hydrogen-bond acceptors (Lipinski definition) is 4. The van der Waals surface area contributed by atoms with Crippen molar-refractivity contribution in [1.82, 2.24) is 0 Å². The zero-order valence-corrected chi connectivity index (χ0v) is 15.9. The molecule has 1 aromatic rings. The van der Waals surface area contributed by atoms with Gasteiger partial charge >= 0.3 is 11.9 Å². The van der Waals surface area contributed by atoms with E-state index in [-0.39, 0.29) is 0 Å². The van der Waals surface area contributed by atoms with Crippen LogP contribution in [0.25, 0.3) is 0 Å². The van der Waals surface area contributed by atoms with Gasteiger partial charge in [-0.15, -0.1) is 0 Å².